The Hall–Kier alpha value is -2.92. The summed E-state index contributed by atoms with van der Waals surface area (Å²) in [4.78, 5) is 24.8. The third-order valence-corrected chi connectivity index (χ3v) is 3.45. The summed E-state index contributed by atoms with van der Waals surface area (Å²) in [5.74, 6) is -0.654. The Bertz CT molecular complexity index is 712. The van der Waals surface area contributed by atoms with E-state index in [2.05, 4.69) is 10.6 Å². The van der Waals surface area contributed by atoms with Crippen LogP contribution in [-0.4, -0.2) is 32.1 Å². The molecule has 0 fully saturated rings. The summed E-state index contributed by atoms with van der Waals surface area (Å²) in [5, 5.41) is 5.49. The maximum Gasteiger partial charge on any atom is 0.267 e. The van der Waals surface area contributed by atoms with Gasteiger partial charge in [-0.1, -0.05) is 48.5 Å². The van der Waals surface area contributed by atoms with Crippen molar-refractivity contribution in [3.8, 4) is 0 Å². The second-order valence-electron chi connectivity index (χ2n) is 5.39. The Kier molecular flexibility index (Phi) is 7.41. The van der Waals surface area contributed by atoms with Crippen molar-refractivity contribution in [2.75, 3.05) is 20.3 Å². The molecule has 0 bridgehead atoms. The number of carbonyl (C=O) groups excluding carboxylic acids is 2. The predicted molar refractivity (Wildman–Crippen MR) is 97.8 cm³/mol. The largest absolute Gasteiger partial charge is 0.385 e. The van der Waals surface area contributed by atoms with E-state index in [1.54, 1.807) is 37.5 Å². The van der Waals surface area contributed by atoms with E-state index in [-0.39, 0.29) is 17.5 Å². The Labute approximate surface area is 147 Å². The minimum atomic E-state index is -0.329. The van der Waals surface area contributed by atoms with E-state index in [0.717, 1.165) is 5.56 Å². The molecular weight excluding hydrogens is 316 g/mol. The van der Waals surface area contributed by atoms with Crippen LogP contribution in [0.1, 0.15) is 22.3 Å². The van der Waals surface area contributed by atoms with Gasteiger partial charge in [0.25, 0.3) is 11.8 Å². The Morgan fingerprint density at radius 2 is 1.64 bits per heavy atom. The van der Waals surface area contributed by atoms with E-state index in [1.807, 2.05) is 36.4 Å². The Morgan fingerprint density at radius 1 is 1.00 bits per heavy atom. The molecule has 0 radical (unpaired) electrons. The van der Waals surface area contributed by atoms with Crippen molar-refractivity contribution in [3.05, 3.63) is 77.5 Å². The lowest BCUT2D eigenvalue weighted by Gasteiger charge is -2.11. The van der Waals surface area contributed by atoms with Crippen LogP contribution in [0.25, 0.3) is 6.08 Å². The number of hydrogen-bond acceptors (Lipinski definition) is 3. The molecule has 0 atom stereocenters. The topological polar surface area (TPSA) is 67.4 Å². The predicted octanol–water partition coefficient (Wildman–Crippen LogP) is 2.61. The second kappa shape index (κ2) is 10.1. The van der Waals surface area contributed by atoms with E-state index >= 15 is 0 Å². The van der Waals surface area contributed by atoms with Crippen LogP contribution in [-0.2, 0) is 9.53 Å². The fourth-order valence-corrected chi connectivity index (χ4v) is 2.17. The molecule has 0 unspecified atom stereocenters. The van der Waals surface area contributed by atoms with Gasteiger partial charge in [0.15, 0.2) is 0 Å². The van der Waals surface area contributed by atoms with Crippen molar-refractivity contribution in [2.45, 2.75) is 6.42 Å². The standard InChI is InChI=1S/C20H22N2O3/c1-25-14-8-13-21-20(24)18(15-16-9-4-2-5-10-16)22-19(23)17-11-6-3-7-12-17/h2-7,9-12,15H,8,13-14H2,1H3,(H,21,24)(H,22,23)/b18-15+. The van der Waals surface area contributed by atoms with Crippen molar-refractivity contribution in [3.63, 3.8) is 0 Å². The molecule has 0 aliphatic rings. The lowest BCUT2D eigenvalue weighted by molar-refractivity contribution is -0.117. The SMILES string of the molecule is COCCCNC(=O)/C(=C\c1ccccc1)NC(=O)c1ccccc1. The molecule has 2 amide bonds. The van der Waals surface area contributed by atoms with Gasteiger partial charge in [-0.25, -0.2) is 0 Å². The monoisotopic (exact) mass is 338 g/mol. The average Bonchev–Trinajstić information content (AvgIpc) is 2.66. The van der Waals surface area contributed by atoms with Crippen molar-refractivity contribution in [1.82, 2.24) is 10.6 Å². The molecule has 2 aromatic carbocycles. The fraction of sp³-hybridized carbons (Fsp3) is 0.200. The van der Waals surface area contributed by atoms with E-state index < -0.39 is 0 Å². The maximum absolute atomic E-state index is 12.4. The summed E-state index contributed by atoms with van der Waals surface area (Å²) in [6.45, 7) is 1.04. The van der Waals surface area contributed by atoms with Gasteiger partial charge in [-0.05, 0) is 30.2 Å². The van der Waals surface area contributed by atoms with Crippen LogP contribution in [0, 0.1) is 0 Å². The van der Waals surface area contributed by atoms with Gasteiger partial charge in [-0.2, -0.15) is 0 Å². The fourth-order valence-electron chi connectivity index (χ4n) is 2.17. The summed E-state index contributed by atoms with van der Waals surface area (Å²) in [6, 6.07) is 18.2. The highest BCUT2D eigenvalue weighted by molar-refractivity contribution is 6.05. The minimum Gasteiger partial charge on any atom is -0.385 e. The minimum absolute atomic E-state index is 0.206. The number of benzene rings is 2. The number of methoxy groups -OCH3 is 1. The van der Waals surface area contributed by atoms with Gasteiger partial charge in [-0.3, -0.25) is 9.59 Å². The van der Waals surface area contributed by atoms with E-state index in [1.165, 1.54) is 0 Å². The summed E-state index contributed by atoms with van der Waals surface area (Å²) in [5.41, 5.74) is 1.53. The zero-order chi connectivity index (χ0) is 17.9. The molecule has 5 nitrogen and oxygen atoms in total. The lowest BCUT2D eigenvalue weighted by atomic mass is 10.1. The quantitative estimate of drug-likeness (QED) is 0.574. The van der Waals surface area contributed by atoms with Gasteiger partial charge in [0, 0.05) is 25.8 Å². The molecule has 25 heavy (non-hydrogen) atoms. The summed E-state index contributed by atoms with van der Waals surface area (Å²) < 4.78 is 4.97. The first-order valence-electron chi connectivity index (χ1n) is 8.11. The van der Waals surface area contributed by atoms with Gasteiger partial charge < -0.3 is 15.4 Å². The van der Waals surface area contributed by atoms with Crippen molar-refractivity contribution in [1.29, 1.82) is 0 Å². The summed E-state index contributed by atoms with van der Waals surface area (Å²) in [6.07, 6.45) is 2.36. The molecule has 0 aliphatic carbocycles. The molecule has 0 aliphatic heterocycles. The summed E-state index contributed by atoms with van der Waals surface area (Å²) >= 11 is 0. The Balaban J connectivity index is 2.13. The zero-order valence-electron chi connectivity index (χ0n) is 14.2. The highest BCUT2D eigenvalue weighted by Gasteiger charge is 2.14. The molecule has 2 N–H and O–H groups in total. The molecule has 0 spiro atoms. The van der Waals surface area contributed by atoms with Gasteiger partial charge >= 0.3 is 0 Å². The van der Waals surface area contributed by atoms with Crippen LogP contribution in [0.4, 0.5) is 0 Å². The lowest BCUT2D eigenvalue weighted by Crippen LogP contribution is -2.35. The normalized spacial score (nSPS) is 11.0. The molecule has 5 heteroatoms. The highest BCUT2D eigenvalue weighted by Crippen LogP contribution is 2.07. The number of amides is 2. The second-order valence-corrected chi connectivity index (χ2v) is 5.39. The zero-order valence-corrected chi connectivity index (χ0v) is 14.2. The molecule has 130 valence electrons. The van der Waals surface area contributed by atoms with Crippen molar-refractivity contribution >= 4 is 17.9 Å². The molecule has 0 aromatic heterocycles. The average molecular weight is 338 g/mol. The third kappa shape index (κ3) is 6.24. The van der Waals surface area contributed by atoms with E-state index in [4.69, 9.17) is 4.74 Å². The summed E-state index contributed by atoms with van der Waals surface area (Å²) in [7, 11) is 1.61. The van der Waals surface area contributed by atoms with E-state index in [0.29, 0.717) is 25.1 Å². The smallest absolute Gasteiger partial charge is 0.267 e. The molecule has 0 heterocycles. The number of nitrogens with one attached hydrogen (secondary N) is 2. The molecule has 2 aromatic rings. The van der Waals surface area contributed by atoms with Gasteiger partial charge in [0.05, 0.1) is 0 Å². The molecule has 2 rings (SSSR count). The van der Waals surface area contributed by atoms with Crippen LogP contribution < -0.4 is 10.6 Å². The maximum atomic E-state index is 12.4. The van der Waals surface area contributed by atoms with Crippen LogP contribution in [0.15, 0.2) is 66.4 Å². The van der Waals surface area contributed by atoms with Crippen LogP contribution in [0.2, 0.25) is 0 Å². The molecule has 0 saturated carbocycles. The van der Waals surface area contributed by atoms with Crippen LogP contribution in [0.5, 0.6) is 0 Å². The first-order valence-corrected chi connectivity index (χ1v) is 8.11. The van der Waals surface area contributed by atoms with E-state index in [9.17, 15) is 9.59 Å². The molecular formula is C20H22N2O3. The van der Waals surface area contributed by atoms with Gasteiger partial charge in [0.1, 0.15) is 5.70 Å². The molecule has 0 saturated heterocycles. The van der Waals surface area contributed by atoms with Crippen LogP contribution >= 0.6 is 0 Å². The number of hydrogen-bond donors (Lipinski definition) is 2. The number of rotatable bonds is 8. The first kappa shape index (κ1) is 18.4. The van der Waals surface area contributed by atoms with Gasteiger partial charge in [0.2, 0.25) is 0 Å². The number of ether oxygens (including phenoxy) is 1. The highest BCUT2D eigenvalue weighted by atomic mass is 16.5. The van der Waals surface area contributed by atoms with Crippen LogP contribution in [0.3, 0.4) is 0 Å². The third-order valence-electron chi connectivity index (χ3n) is 3.45. The first-order chi connectivity index (χ1) is 12.2. The van der Waals surface area contributed by atoms with Crippen molar-refractivity contribution in [2.24, 2.45) is 0 Å². The van der Waals surface area contributed by atoms with Crippen molar-refractivity contribution < 1.29 is 14.3 Å². The number of carbonyl (C=O) groups is 2. The Morgan fingerprint density at radius 3 is 2.28 bits per heavy atom. The van der Waals surface area contributed by atoms with Gasteiger partial charge in [-0.15, -0.1) is 0 Å².